The number of hydrogen-bond acceptors (Lipinski definition) is 0. The van der Waals surface area contributed by atoms with E-state index in [-0.39, 0.29) is 0 Å². The first kappa shape index (κ1) is 12.8. The van der Waals surface area contributed by atoms with Gasteiger partial charge in [0.2, 0.25) is 0 Å². The quantitative estimate of drug-likeness (QED) is 0.278. The lowest BCUT2D eigenvalue weighted by atomic mass is 9.92. The summed E-state index contributed by atoms with van der Waals surface area (Å²) in [5, 5.41) is 10.6. The minimum atomic E-state index is 1.10. The van der Waals surface area contributed by atoms with Crippen molar-refractivity contribution >= 4 is 70.1 Å². The fourth-order valence-corrected chi connectivity index (χ4v) is 4.54. The minimum Gasteiger partial charge on any atom is -0.354 e. The van der Waals surface area contributed by atoms with Crippen LogP contribution in [0.25, 0.3) is 54.1 Å². The van der Waals surface area contributed by atoms with Crippen molar-refractivity contribution < 1.29 is 0 Å². The molecule has 0 fully saturated rings. The van der Waals surface area contributed by atoms with Crippen LogP contribution in [0.1, 0.15) is 0 Å². The first-order valence-corrected chi connectivity index (χ1v) is 8.86. The molecule has 2 heteroatoms. The topological polar surface area (TPSA) is 15.8 Å². The predicted octanol–water partition coefficient (Wildman–Crippen LogP) is 6.98. The molecular weight excluding hydrogens is 358 g/mol. The lowest BCUT2D eigenvalue weighted by molar-refractivity contribution is 1.55. The molecule has 5 aromatic carbocycles. The molecular formula is C22H12BrN. The fourth-order valence-electron chi connectivity index (χ4n) is 4.18. The van der Waals surface area contributed by atoms with Crippen LogP contribution in [-0.2, 0) is 0 Å². The van der Waals surface area contributed by atoms with Gasteiger partial charge in [-0.3, -0.25) is 0 Å². The van der Waals surface area contributed by atoms with Crippen molar-refractivity contribution in [3.05, 3.63) is 71.2 Å². The maximum absolute atomic E-state index is 3.59. The molecule has 0 atom stereocenters. The highest BCUT2D eigenvalue weighted by Gasteiger charge is 2.14. The monoisotopic (exact) mass is 369 g/mol. The molecule has 0 radical (unpaired) electrons. The lowest BCUT2D eigenvalue weighted by Crippen LogP contribution is -1.84. The Morgan fingerprint density at radius 1 is 0.583 bits per heavy atom. The first-order chi connectivity index (χ1) is 11.8. The Balaban J connectivity index is 1.99. The summed E-state index contributed by atoms with van der Waals surface area (Å²) in [5.74, 6) is 0. The molecule has 0 amide bonds. The average Bonchev–Trinajstić information content (AvgIpc) is 2.96. The molecule has 1 heterocycles. The number of rotatable bonds is 0. The Morgan fingerprint density at radius 3 is 2.21 bits per heavy atom. The van der Waals surface area contributed by atoms with Gasteiger partial charge in [-0.25, -0.2) is 0 Å². The SMILES string of the molecule is Brc1ccc2c(c1)[nH]c1cc3ccc4cccc5ccc(c12)c3c45. The molecule has 0 saturated carbocycles. The van der Waals surface area contributed by atoms with Gasteiger partial charge in [-0.2, -0.15) is 0 Å². The Kier molecular flexibility index (Phi) is 2.28. The second-order valence-electron chi connectivity index (χ2n) is 6.47. The summed E-state index contributed by atoms with van der Waals surface area (Å²) in [6.45, 7) is 0. The highest BCUT2D eigenvalue weighted by Crippen LogP contribution is 2.41. The zero-order chi connectivity index (χ0) is 15.8. The summed E-state index contributed by atoms with van der Waals surface area (Å²) in [6.07, 6.45) is 0. The summed E-state index contributed by atoms with van der Waals surface area (Å²) in [4.78, 5) is 3.59. The molecule has 0 aliphatic carbocycles. The van der Waals surface area contributed by atoms with Crippen molar-refractivity contribution in [1.29, 1.82) is 0 Å². The van der Waals surface area contributed by atoms with Crippen molar-refractivity contribution in [1.82, 2.24) is 4.98 Å². The van der Waals surface area contributed by atoms with Crippen LogP contribution in [0.4, 0.5) is 0 Å². The van der Waals surface area contributed by atoms with Gasteiger partial charge in [0.15, 0.2) is 0 Å². The molecule has 1 aromatic heterocycles. The number of benzene rings is 5. The van der Waals surface area contributed by atoms with Gasteiger partial charge in [-0.15, -0.1) is 0 Å². The summed E-state index contributed by atoms with van der Waals surface area (Å²) in [7, 11) is 0. The maximum atomic E-state index is 3.59. The molecule has 112 valence electrons. The molecule has 0 aliphatic rings. The Hall–Kier alpha value is -2.58. The van der Waals surface area contributed by atoms with Crippen LogP contribution in [-0.4, -0.2) is 4.98 Å². The van der Waals surface area contributed by atoms with Gasteiger partial charge < -0.3 is 4.98 Å². The maximum Gasteiger partial charge on any atom is 0.0477 e. The van der Waals surface area contributed by atoms with Gasteiger partial charge in [0, 0.05) is 26.3 Å². The van der Waals surface area contributed by atoms with E-state index in [2.05, 4.69) is 87.6 Å². The number of aromatic nitrogens is 1. The first-order valence-electron chi connectivity index (χ1n) is 8.07. The largest absolute Gasteiger partial charge is 0.354 e. The number of H-pyrrole nitrogens is 1. The van der Waals surface area contributed by atoms with E-state index in [9.17, 15) is 0 Å². The number of halogens is 1. The van der Waals surface area contributed by atoms with Crippen LogP contribution < -0.4 is 0 Å². The zero-order valence-corrected chi connectivity index (χ0v) is 14.3. The second kappa shape index (κ2) is 4.28. The molecule has 0 aliphatic heterocycles. The molecule has 0 saturated heterocycles. The Labute approximate surface area is 146 Å². The van der Waals surface area contributed by atoms with E-state index in [1.807, 2.05) is 0 Å². The summed E-state index contributed by atoms with van der Waals surface area (Å²) >= 11 is 3.58. The van der Waals surface area contributed by atoms with Crippen molar-refractivity contribution in [2.24, 2.45) is 0 Å². The van der Waals surface area contributed by atoms with Gasteiger partial charge in [-0.1, -0.05) is 64.5 Å². The van der Waals surface area contributed by atoms with Crippen molar-refractivity contribution in [2.45, 2.75) is 0 Å². The van der Waals surface area contributed by atoms with Gasteiger partial charge in [0.05, 0.1) is 0 Å². The van der Waals surface area contributed by atoms with Crippen molar-refractivity contribution in [3.8, 4) is 0 Å². The minimum absolute atomic E-state index is 1.10. The van der Waals surface area contributed by atoms with Crippen LogP contribution in [0.2, 0.25) is 0 Å². The molecule has 1 N–H and O–H groups in total. The van der Waals surface area contributed by atoms with E-state index >= 15 is 0 Å². The molecule has 0 spiro atoms. The normalized spacial score (nSPS) is 12.4. The van der Waals surface area contributed by atoms with Gasteiger partial charge >= 0.3 is 0 Å². The number of aromatic amines is 1. The van der Waals surface area contributed by atoms with Crippen LogP contribution in [0.15, 0.2) is 71.2 Å². The van der Waals surface area contributed by atoms with E-state index in [1.165, 1.54) is 54.1 Å². The van der Waals surface area contributed by atoms with E-state index in [0.29, 0.717) is 0 Å². The third kappa shape index (κ3) is 1.49. The van der Waals surface area contributed by atoms with E-state index < -0.39 is 0 Å². The highest BCUT2D eigenvalue weighted by atomic mass is 79.9. The summed E-state index contributed by atoms with van der Waals surface area (Å²) in [6, 6.07) is 24.3. The van der Waals surface area contributed by atoms with Gasteiger partial charge in [0.25, 0.3) is 0 Å². The van der Waals surface area contributed by atoms with Crippen molar-refractivity contribution in [2.75, 3.05) is 0 Å². The smallest absolute Gasteiger partial charge is 0.0477 e. The van der Waals surface area contributed by atoms with Crippen LogP contribution in [0, 0.1) is 0 Å². The van der Waals surface area contributed by atoms with Gasteiger partial charge in [-0.05, 0) is 50.5 Å². The third-order valence-electron chi connectivity index (χ3n) is 5.17. The van der Waals surface area contributed by atoms with Crippen LogP contribution >= 0.6 is 15.9 Å². The molecule has 6 aromatic rings. The third-order valence-corrected chi connectivity index (χ3v) is 5.66. The van der Waals surface area contributed by atoms with E-state index in [1.54, 1.807) is 0 Å². The fraction of sp³-hybridized carbons (Fsp3) is 0. The summed E-state index contributed by atoms with van der Waals surface area (Å²) < 4.78 is 1.10. The Morgan fingerprint density at radius 2 is 1.33 bits per heavy atom. The van der Waals surface area contributed by atoms with Crippen LogP contribution in [0.3, 0.4) is 0 Å². The molecule has 6 rings (SSSR count). The predicted molar refractivity (Wildman–Crippen MR) is 107 cm³/mol. The summed E-state index contributed by atoms with van der Waals surface area (Å²) in [5.41, 5.74) is 2.38. The number of hydrogen-bond donors (Lipinski definition) is 1. The number of nitrogens with one attached hydrogen (secondary N) is 1. The highest BCUT2D eigenvalue weighted by molar-refractivity contribution is 9.10. The standard InChI is InChI=1S/C22H12BrN/c23-15-7-9-16-18(11-15)24-19-10-14-5-4-12-2-1-3-13-6-8-17(22(16)19)21(14)20(12)13/h1-11,24H. The number of fused-ring (bicyclic) bond motifs is 4. The molecule has 0 bridgehead atoms. The molecule has 0 unspecified atom stereocenters. The lowest BCUT2D eigenvalue weighted by Gasteiger charge is -2.11. The average molecular weight is 370 g/mol. The van der Waals surface area contributed by atoms with E-state index in [4.69, 9.17) is 0 Å². The second-order valence-corrected chi connectivity index (χ2v) is 7.39. The van der Waals surface area contributed by atoms with Crippen LogP contribution in [0.5, 0.6) is 0 Å². The van der Waals surface area contributed by atoms with Crippen molar-refractivity contribution in [3.63, 3.8) is 0 Å². The molecule has 1 nitrogen and oxygen atoms in total. The Bertz CT molecular complexity index is 1390. The van der Waals surface area contributed by atoms with E-state index in [0.717, 1.165) is 4.47 Å². The van der Waals surface area contributed by atoms with Gasteiger partial charge in [0.1, 0.15) is 0 Å². The molecule has 24 heavy (non-hydrogen) atoms. The zero-order valence-electron chi connectivity index (χ0n) is 12.7.